The van der Waals surface area contributed by atoms with Gasteiger partial charge in [-0.15, -0.1) is 0 Å². The van der Waals surface area contributed by atoms with Crippen LogP contribution >= 0.6 is 0 Å². The third-order valence-electron chi connectivity index (χ3n) is 4.27. The van der Waals surface area contributed by atoms with Crippen molar-refractivity contribution in [2.75, 3.05) is 38.2 Å². The molecule has 1 saturated heterocycles. The highest BCUT2D eigenvalue weighted by Crippen LogP contribution is 2.30. The van der Waals surface area contributed by atoms with Crippen LogP contribution in [0.3, 0.4) is 0 Å². The van der Waals surface area contributed by atoms with Crippen LogP contribution in [0, 0.1) is 0 Å². The summed E-state index contributed by atoms with van der Waals surface area (Å²) in [5.41, 5.74) is 0.955. The average molecular weight is 394 g/mol. The number of morpholine rings is 1. The highest BCUT2D eigenvalue weighted by molar-refractivity contribution is 5.91. The standard InChI is InChI=1S/C20H21F3N2O3/c21-20(22,23)16-4-6-18(7-5-16)28-14-19(26)24-17-3-1-2-15(12-17)13-25-8-10-27-11-9-25/h1-7,12H,8-11,13-14H2,(H,24,26). The Morgan fingerprint density at radius 2 is 1.82 bits per heavy atom. The van der Waals surface area contributed by atoms with Crippen LogP contribution in [-0.2, 0) is 22.3 Å². The van der Waals surface area contributed by atoms with Gasteiger partial charge in [0, 0.05) is 25.3 Å². The molecule has 150 valence electrons. The molecule has 5 nitrogen and oxygen atoms in total. The zero-order valence-electron chi connectivity index (χ0n) is 15.2. The first kappa shape index (κ1) is 20.2. The fourth-order valence-electron chi connectivity index (χ4n) is 2.85. The van der Waals surface area contributed by atoms with Crippen molar-refractivity contribution in [3.05, 3.63) is 59.7 Å². The van der Waals surface area contributed by atoms with Crippen LogP contribution in [0.1, 0.15) is 11.1 Å². The quantitative estimate of drug-likeness (QED) is 0.814. The summed E-state index contributed by atoms with van der Waals surface area (Å²) >= 11 is 0. The van der Waals surface area contributed by atoms with Crippen molar-refractivity contribution >= 4 is 11.6 Å². The van der Waals surface area contributed by atoms with E-state index in [1.807, 2.05) is 18.2 Å². The first-order chi connectivity index (χ1) is 13.4. The molecule has 1 N–H and O–H groups in total. The summed E-state index contributed by atoms with van der Waals surface area (Å²) in [6, 6.07) is 11.7. The van der Waals surface area contributed by atoms with Gasteiger partial charge >= 0.3 is 6.18 Å². The third-order valence-corrected chi connectivity index (χ3v) is 4.27. The first-order valence-corrected chi connectivity index (χ1v) is 8.89. The molecule has 1 aliphatic rings. The number of hydrogen-bond acceptors (Lipinski definition) is 4. The second-order valence-corrected chi connectivity index (χ2v) is 6.45. The summed E-state index contributed by atoms with van der Waals surface area (Å²) in [5.74, 6) is -0.187. The Hall–Kier alpha value is -2.58. The Morgan fingerprint density at radius 1 is 1.11 bits per heavy atom. The van der Waals surface area contributed by atoms with Crippen LogP contribution in [0.2, 0.25) is 0 Å². The van der Waals surface area contributed by atoms with Gasteiger partial charge in [0.2, 0.25) is 0 Å². The fourth-order valence-corrected chi connectivity index (χ4v) is 2.85. The molecular weight excluding hydrogens is 373 g/mol. The lowest BCUT2D eigenvalue weighted by molar-refractivity contribution is -0.137. The smallest absolute Gasteiger partial charge is 0.416 e. The minimum Gasteiger partial charge on any atom is -0.484 e. The van der Waals surface area contributed by atoms with E-state index in [9.17, 15) is 18.0 Å². The van der Waals surface area contributed by atoms with Crippen molar-refractivity contribution in [2.24, 2.45) is 0 Å². The number of nitrogens with one attached hydrogen (secondary N) is 1. The van der Waals surface area contributed by atoms with Gasteiger partial charge in [-0.3, -0.25) is 9.69 Å². The molecule has 2 aromatic carbocycles. The van der Waals surface area contributed by atoms with Gasteiger partial charge in [-0.05, 0) is 42.0 Å². The molecule has 1 heterocycles. The molecule has 0 bridgehead atoms. The maximum Gasteiger partial charge on any atom is 0.416 e. The lowest BCUT2D eigenvalue weighted by Gasteiger charge is -2.26. The maximum atomic E-state index is 12.5. The van der Waals surface area contributed by atoms with Gasteiger partial charge in [-0.2, -0.15) is 13.2 Å². The van der Waals surface area contributed by atoms with Gasteiger partial charge in [0.15, 0.2) is 6.61 Å². The second-order valence-electron chi connectivity index (χ2n) is 6.45. The third kappa shape index (κ3) is 5.97. The lowest BCUT2D eigenvalue weighted by atomic mass is 10.2. The Labute approximate surface area is 161 Å². The number of carbonyl (C=O) groups is 1. The second kappa shape index (κ2) is 9.07. The van der Waals surface area contributed by atoms with Gasteiger partial charge in [0.25, 0.3) is 5.91 Å². The monoisotopic (exact) mass is 394 g/mol. The molecule has 1 amide bonds. The summed E-state index contributed by atoms with van der Waals surface area (Å²) in [6.45, 7) is 3.67. The zero-order valence-corrected chi connectivity index (χ0v) is 15.2. The zero-order chi connectivity index (χ0) is 20.0. The van der Waals surface area contributed by atoms with E-state index >= 15 is 0 Å². The van der Waals surface area contributed by atoms with Crippen molar-refractivity contribution in [1.82, 2.24) is 4.90 Å². The molecular formula is C20H21F3N2O3. The SMILES string of the molecule is O=C(COc1ccc(C(F)(F)F)cc1)Nc1cccc(CN2CCOCC2)c1. The van der Waals surface area contributed by atoms with E-state index in [1.165, 1.54) is 12.1 Å². The van der Waals surface area contributed by atoms with E-state index in [-0.39, 0.29) is 18.3 Å². The Kier molecular flexibility index (Phi) is 6.53. The molecule has 0 radical (unpaired) electrons. The number of amides is 1. The van der Waals surface area contributed by atoms with Crippen LogP contribution in [0.4, 0.5) is 18.9 Å². The lowest BCUT2D eigenvalue weighted by Crippen LogP contribution is -2.35. The molecule has 0 atom stereocenters. The maximum absolute atomic E-state index is 12.5. The molecule has 3 rings (SSSR count). The van der Waals surface area contributed by atoms with E-state index in [2.05, 4.69) is 10.2 Å². The van der Waals surface area contributed by atoms with Crippen molar-refractivity contribution in [1.29, 1.82) is 0 Å². The molecule has 0 aliphatic carbocycles. The summed E-state index contributed by atoms with van der Waals surface area (Å²) in [4.78, 5) is 14.3. The molecule has 0 unspecified atom stereocenters. The number of alkyl halides is 3. The topological polar surface area (TPSA) is 50.8 Å². The van der Waals surface area contributed by atoms with E-state index in [0.29, 0.717) is 5.69 Å². The highest BCUT2D eigenvalue weighted by atomic mass is 19.4. The number of carbonyl (C=O) groups excluding carboxylic acids is 1. The minimum atomic E-state index is -4.40. The Bertz CT molecular complexity index is 788. The fraction of sp³-hybridized carbons (Fsp3) is 0.350. The number of rotatable bonds is 6. The molecule has 1 aliphatic heterocycles. The van der Waals surface area contributed by atoms with Crippen molar-refractivity contribution in [3.8, 4) is 5.75 Å². The summed E-state index contributed by atoms with van der Waals surface area (Å²) in [5, 5.41) is 2.74. The average Bonchev–Trinajstić information content (AvgIpc) is 2.67. The van der Waals surface area contributed by atoms with Crippen molar-refractivity contribution in [3.63, 3.8) is 0 Å². The van der Waals surface area contributed by atoms with Crippen LogP contribution in [0.5, 0.6) is 5.75 Å². The summed E-state index contributed by atoms with van der Waals surface area (Å²) < 4.78 is 48.2. The predicted octanol–water partition coefficient (Wildman–Crippen LogP) is 3.56. The van der Waals surface area contributed by atoms with Crippen molar-refractivity contribution in [2.45, 2.75) is 12.7 Å². The Morgan fingerprint density at radius 3 is 2.50 bits per heavy atom. The number of ether oxygens (including phenoxy) is 2. The van der Waals surface area contributed by atoms with Crippen molar-refractivity contribution < 1.29 is 27.4 Å². The van der Waals surface area contributed by atoms with Gasteiger partial charge in [0.1, 0.15) is 5.75 Å². The minimum absolute atomic E-state index is 0.198. The molecule has 0 aromatic heterocycles. The van der Waals surface area contributed by atoms with E-state index < -0.39 is 11.7 Å². The number of halogens is 3. The molecule has 8 heteroatoms. The molecule has 0 spiro atoms. The molecule has 1 fully saturated rings. The largest absolute Gasteiger partial charge is 0.484 e. The van der Waals surface area contributed by atoms with Gasteiger partial charge in [-0.25, -0.2) is 0 Å². The van der Waals surface area contributed by atoms with E-state index in [4.69, 9.17) is 9.47 Å². The first-order valence-electron chi connectivity index (χ1n) is 8.89. The normalized spacial score (nSPS) is 15.2. The number of nitrogens with zero attached hydrogens (tertiary/aromatic N) is 1. The van der Waals surface area contributed by atoms with Gasteiger partial charge < -0.3 is 14.8 Å². The van der Waals surface area contributed by atoms with Crippen LogP contribution in [0.15, 0.2) is 48.5 Å². The van der Waals surface area contributed by atoms with Gasteiger partial charge in [-0.1, -0.05) is 12.1 Å². The number of benzene rings is 2. The van der Waals surface area contributed by atoms with E-state index in [1.54, 1.807) is 6.07 Å². The number of anilines is 1. The summed E-state index contributed by atoms with van der Waals surface area (Å²) in [6.07, 6.45) is -4.40. The molecule has 0 saturated carbocycles. The number of hydrogen-bond donors (Lipinski definition) is 1. The van der Waals surface area contributed by atoms with Gasteiger partial charge in [0.05, 0.1) is 18.8 Å². The van der Waals surface area contributed by atoms with Crippen LogP contribution in [0.25, 0.3) is 0 Å². The van der Waals surface area contributed by atoms with Crippen LogP contribution < -0.4 is 10.1 Å². The van der Waals surface area contributed by atoms with Crippen LogP contribution in [-0.4, -0.2) is 43.7 Å². The molecule has 2 aromatic rings. The Balaban J connectivity index is 1.50. The molecule has 28 heavy (non-hydrogen) atoms. The highest BCUT2D eigenvalue weighted by Gasteiger charge is 2.30. The van der Waals surface area contributed by atoms with E-state index in [0.717, 1.165) is 50.5 Å². The summed E-state index contributed by atoms with van der Waals surface area (Å²) in [7, 11) is 0. The predicted molar refractivity (Wildman–Crippen MR) is 98.1 cm³/mol.